The molecule has 4 rings (SSSR count). The van der Waals surface area contributed by atoms with Crippen LogP contribution in [0.5, 0.6) is 11.5 Å². The summed E-state index contributed by atoms with van der Waals surface area (Å²) in [5, 5.41) is 3.25. The van der Waals surface area contributed by atoms with Crippen molar-refractivity contribution in [3.8, 4) is 11.5 Å². The molecule has 2 N–H and O–H groups in total. The van der Waals surface area contributed by atoms with Gasteiger partial charge in [0.2, 0.25) is 0 Å². The lowest BCUT2D eigenvalue weighted by Crippen LogP contribution is -2.17. The van der Waals surface area contributed by atoms with Gasteiger partial charge in [0.05, 0.1) is 17.1 Å². The average Bonchev–Trinajstić information content (AvgIpc) is 2.73. The standard InChI is InChI=1S/C20H19N3O4S/c24-28(25,18-8-9-19-20(13-18)27-12-11-26-19)23-16-6-4-15(5-7-16)22-14-17-3-1-2-10-21-17/h1-10,13,22-23H,11-12,14H2. The second-order valence-corrected chi connectivity index (χ2v) is 7.85. The number of nitrogens with zero attached hydrogens (tertiary/aromatic N) is 1. The number of aromatic nitrogens is 1. The number of hydrogen-bond donors (Lipinski definition) is 2. The molecule has 0 bridgehead atoms. The monoisotopic (exact) mass is 397 g/mol. The molecule has 8 heteroatoms. The Morgan fingerprint density at radius 3 is 2.39 bits per heavy atom. The predicted octanol–water partition coefficient (Wildman–Crippen LogP) is 3.27. The van der Waals surface area contributed by atoms with Gasteiger partial charge in [0, 0.05) is 23.6 Å². The number of fused-ring (bicyclic) bond motifs is 1. The van der Waals surface area contributed by atoms with Crippen LogP contribution in [0.3, 0.4) is 0 Å². The van der Waals surface area contributed by atoms with Gasteiger partial charge in [-0.2, -0.15) is 0 Å². The first-order chi connectivity index (χ1) is 13.6. The highest BCUT2D eigenvalue weighted by Gasteiger charge is 2.19. The molecule has 0 radical (unpaired) electrons. The second-order valence-electron chi connectivity index (χ2n) is 6.16. The molecule has 3 aromatic rings. The Labute approximate surface area is 163 Å². The summed E-state index contributed by atoms with van der Waals surface area (Å²) in [7, 11) is -3.73. The van der Waals surface area contributed by atoms with Gasteiger partial charge in [-0.15, -0.1) is 0 Å². The molecule has 0 unspecified atom stereocenters. The van der Waals surface area contributed by atoms with Crippen molar-refractivity contribution in [2.75, 3.05) is 23.3 Å². The van der Waals surface area contributed by atoms with E-state index < -0.39 is 10.0 Å². The van der Waals surface area contributed by atoms with Crippen molar-refractivity contribution in [1.29, 1.82) is 0 Å². The van der Waals surface area contributed by atoms with Gasteiger partial charge in [-0.3, -0.25) is 9.71 Å². The van der Waals surface area contributed by atoms with Crippen molar-refractivity contribution in [2.45, 2.75) is 11.4 Å². The van der Waals surface area contributed by atoms with E-state index in [9.17, 15) is 8.42 Å². The van der Waals surface area contributed by atoms with E-state index in [1.54, 1.807) is 24.4 Å². The first kappa shape index (κ1) is 18.1. The first-order valence-electron chi connectivity index (χ1n) is 8.76. The molecule has 0 fully saturated rings. The normalized spacial score (nSPS) is 13.0. The molecule has 0 atom stereocenters. The van der Waals surface area contributed by atoms with Crippen molar-refractivity contribution < 1.29 is 17.9 Å². The van der Waals surface area contributed by atoms with E-state index in [4.69, 9.17) is 9.47 Å². The SMILES string of the molecule is O=S(=O)(Nc1ccc(NCc2ccccn2)cc1)c1ccc2c(c1)OCCO2. The Hall–Kier alpha value is -3.26. The number of benzene rings is 2. The average molecular weight is 397 g/mol. The van der Waals surface area contributed by atoms with Crippen molar-refractivity contribution in [2.24, 2.45) is 0 Å². The van der Waals surface area contributed by atoms with E-state index in [-0.39, 0.29) is 4.90 Å². The topological polar surface area (TPSA) is 89.6 Å². The first-order valence-corrected chi connectivity index (χ1v) is 10.2. The molecular weight excluding hydrogens is 378 g/mol. The third-order valence-corrected chi connectivity index (χ3v) is 5.54. The van der Waals surface area contributed by atoms with E-state index in [1.165, 1.54) is 12.1 Å². The maximum Gasteiger partial charge on any atom is 0.262 e. The minimum Gasteiger partial charge on any atom is -0.486 e. The molecule has 0 saturated carbocycles. The van der Waals surface area contributed by atoms with Crippen molar-refractivity contribution in [1.82, 2.24) is 4.98 Å². The maximum atomic E-state index is 12.7. The van der Waals surface area contributed by atoms with Crippen LogP contribution in [0.4, 0.5) is 11.4 Å². The summed E-state index contributed by atoms with van der Waals surface area (Å²) in [6.07, 6.45) is 1.74. The second kappa shape index (κ2) is 7.77. The summed E-state index contributed by atoms with van der Waals surface area (Å²) in [5.74, 6) is 0.983. The summed E-state index contributed by atoms with van der Waals surface area (Å²) < 4.78 is 38.8. The molecule has 2 aromatic carbocycles. The Morgan fingerprint density at radius 2 is 1.64 bits per heavy atom. The third-order valence-electron chi connectivity index (χ3n) is 4.16. The summed E-state index contributed by atoms with van der Waals surface area (Å²) in [6.45, 7) is 1.44. The predicted molar refractivity (Wildman–Crippen MR) is 106 cm³/mol. The quantitative estimate of drug-likeness (QED) is 0.664. The zero-order valence-electron chi connectivity index (χ0n) is 15.0. The van der Waals surface area contributed by atoms with Crippen molar-refractivity contribution in [3.63, 3.8) is 0 Å². The molecule has 1 aliphatic rings. The molecule has 2 heterocycles. The number of sulfonamides is 1. The molecule has 0 saturated heterocycles. The molecule has 1 aliphatic heterocycles. The van der Waals surface area contributed by atoms with Gasteiger partial charge in [0.15, 0.2) is 11.5 Å². The fraction of sp³-hybridized carbons (Fsp3) is 0.150. The third kappa shape index (κ3) is 4.17. The van der Waals surface area contributed by atoms with Gasteiger partial charge in [0.1, 0.15) is 13.2 Å². The minimum absolute atomic E-state index is 0.120. The van der Waals surface area contributed by atoms with Gasteiger partial charge >= 0.3 is 0 Å². The Morgan fingerprint density at radius 1 is 0.893 bits per heavy atom. The highest BCUT2D eigenvalue weighted by Crippen LogP contribution is 2.32. The van der Waals surface area contributed by atoms with Crippen molar-refractivity contribution >= 4 is 21.4 Å². The molecule has 1 aromatic heterocycles. The molecular formula is C20H19N3O4S. The van der Waals surface area contributed by atoms with Crippen LogP contribution in [-0.4, -0.2) is 26.6 Å². The van der Waals surface area contributed by atoms with Crippen LogP contribution in [-0.2, 0) is 16.6 Å². The van der Waals surface area contributed by atoms with E-state index in [0.29, 0.717) is 36.9 Å². The van der Waals surface area contributed by atoms with Gasteiger partial charge < -0.3 is 14.8 Å². The van der Waals surface area contributed by atoms with Crippen LogP contribution in [0.1, 0.15) is 5.69 Å². The summed E-state index contributed by atoms with van der Waals surface area (Å²) in [6, 6.07) is 17.3. The van der Waals surface area contributed by atoms with Gasteiger partial charge in [0.25, 0.3) is 10.0 Å². The largest absolute Gasteiger partial charge is 0.486 e. The highest BCUT2D eigenvalue weighted by molar-refractivity contribution is 7.92. The summed E-state index contributed by atoms with van der Waals surface area (Å²) in [4.78, 5) is 4.37. The van der Waals surface area contributed by atoms with E-state index in [2.05, 4.69) is 15.0 Å². The van der Waals surface area contributed by atoms with Crippen LogP contribution >= 0.6 is 0 Å². The maximum absolute atomic E-state index is 12.7. The van der Waals surface area contributed by atoms with E-state index in [1.807, 2.05) is 30.3 Å². The van der Waals surface area contributed by atoms with Crippen LogP contribution in [0.2, 0.25) is 0 Å². The van der Waals surface area contributed by atoms with Crippen LogP contribution < -0.4 is 19.5 Å². The van der Waals surface area contributed by atoms with Gasteiger partial charge in [-0.1, -0.05) is 6.07 Å². The number of pyridine rings is 1. The van der Waals surface area contributed by atoms with Crippen LogP contribution in [0, 0.1) is 0 Å². The number of nitrogens with one attached hydrogen (secondary N) is 2. The fourth-order valence-electron chi connectivity index (χ4n) is 2.76. The molecule has 144 valence electrons. The Kier molecular flexibility index (Phi) is 5.03. The molecule has 0 amide bonds. The lowest BCUT2D eigenvalue weighted by molar-refractivity contribution is 0.171. The zero-order valence-corrected chi connectivity index (χ0v) is 15.8. The minimum atomic E-state index is -3.73. The zero-order chi connectivity index (χ0) is 19.4. The number of anilines is 2. The lowest BCUT2D eigenvalue weighted by atomic mass is 10.3. The molecule has 0 spiro atoms. The van der Waals surface area contributed by atoms with Crippen LogP contribution in [0.15, 0.2) is 71.8 Å². The van der Waals surface area contributed by atoms with Crippen LogP contribution in [0.25, 0.3) is 0 Å². The van der Waals surface area contributed by atoms with E-state index >= 15 is 0 Å². The molecule has 7 nitrogen and oxygen atoms in total. The van der Waals surface area contributed by atoms with Gasteiger partial charge in [-0.05, 0) is 48.5 Å². The Bertz CT molecular complexity index is 1050. The van der Waals surface area contributed by atoms with Crippen molar-refractivity contribution in [3.05, 3.63) is 72.6 Å². The number of hydrogen-bond acceptors (Lipinski definition) is 6. The molecule has 28 heavy (non-hydrogen) atoms. The summed E-state index contributed by atoms with van der Waals surface area (Å²) >= 11 is 0. The van der Waals surface area contributed by atoms with Gasteiger partial charge in [-0.25, -0.2) is 8.42 Å². The lowest BCUT2D eigenvalue weighted by Gasteiger charge is -2.19. The number of ether oxygens (including phenoxy) is 2. The number of rotatable bonds is 6. The molecule has 0 aliphatic carbocycles. The fourth-order valence-corrected chi connectivity index (χ4v) is 3.83. The Balaban J connectivity index is 1.43. The smallest absolute Gasteiger partial charge is 0.262 e. The summed E-state index contributed by atoms with van der Waals surface area (Å²) in [5.41, 5.74) is 2.26. The van der Waals surface area contributed by atoms with E-state index in [0.717, 1.165) is 11.4 Å². The highest BCUT2D eigenvalue weighted by atomic mass is 32.2.